The van der Waals surface area contributed by atoms with Crippen molar-refractivity contribution in [2.45, 2.75) is 25.9 Å². The molecular formula is C18H20ClN5O. The molecule has 130 valence electrons. The zero-order valence-electron chi connectivity index (χ0n) is 14.1. The first-order valence-electron chi connectivity index (χ1n) is 8.56. The van der Waals surface area contributed by atoms with Crippen LogP contribution in [0.4, 0.5) is 5.82 Å². The second-order valence-corrected chi connectivity index (χ2v) is 6.62. The number of hydrogen-bond donors (Lipinski definition) is 0. The minimum atomic E-state index is -0.0196. The summed E-state index contributed by atoms with van der Waals surface area (Å²) >= 11 is 6.14. The highest BCUT2D eigenvalue weighted by Crippen LogP contribution is 2.28. The third-order valence-corrected chi connectivity index (χ3v) is 4.64. The molecule has 0 bridgehead atoms. The number of benzene rings is 1. The number of halogens is 1. The van der Waals surface area contributed by atoms with Crippen molar-refractivity contribution in [2.75, 3.05) is 24.6 Å². The largest absolute Gasteiger partial charge is 0.370 e. The van der Waals surface area contributed by atoms with Gasteiger partial charge in [0.25, 0.3) is 5.78 Å². The van der Waals surface area contributed by atoms with E-state index in [-0.39, 0.29) is 6.10 Å². The molecule has 0 spiro atoms. The van der Waals surface area contributed by atoms with Crippen LogP contribution in [0.3, 0.4) is 0 Å². The predicted octanol–water partition coefficient (Wildman–Crippen LogP) is 3.31. The van der Waals surface area contributed by atoms with E-state index in [2.05, 4.69) is 39.0 Å². The number of rotatable bonds is 4. The molecule has 0 saturated carbocycles. The maximum Gasteiger partial charge on any atom is 0.254 e. The maximum absolute atomic E-state index is 6.14. The summed E-state index contributed by atoms with van der Waals surface area (Å²) in [4.78, 5) is 11.1. The lowest BCUT2D eigenvalue weighted by molar-refractivity contribution is 0.0394. The molecule has 4 rings (SSSR count). The molecule has 1 aliphatic heterocycles. The summed E-state index contributed by atoms with van der Waals surface area (Å²) in [5, 5.41) is 5.07. The Morgan fingerprint density at radius 2 is 2.24 bits per heavy atom. The highest BCUT2D eigenvalue weighted by Gasteiger charge is 2.24. The van der Waals surface area contributed by atoms with Gasteiger partial charge in [0.05, 0.1) is 6.61 Å². The monoisotopic (exact) mass is 357 g/mol. The van der Waals surface area contributed by atoms with Crippen molar-refractivity contribution in [3.63, 3.8) is 0 Å². The van der Waals surface area contributed by atoms with Crippen LogP contribution in [-0.2, 0) is 11.2 Å². The molecule has 1 aromatic carbocycles. The van der Waals surface area contributed by atoms with Gasteiger partial charge in [0.2, 0.25) is 0 Å². The molecule has 1 atom stereocenters. The number of anilines is 1. The van der Waals surface area contributed by atoms with Gasteiger partial charge in [-0.05, 0) is 24.1 Å². The van der Waals surface area contributed by atoms with Gasteiger partial charge >= 0.3 is 0 Å². The van der Waals surface area contributed by atoms with Crippen molar-refractivity contribution in [3.05, 3.63) is 52.9 Å². The van der Waals surface area contributed by atoms with Crippen LogP contribution in [0.1, 0.15) is 30.7 Å². The fraction of sp³-hybridized carbons (Fsp3) is 0.389. The minimum absolute atomic E-state index is 0.0196. The molecule has 25 heavy (non-hydrogen) atoms. The molecular weight excluding hydrogens is 338 g/mol. The molecule has 3 aromatic rings. The first kappa shape index (κ1) is 16.3. The van der Waals surface area contributed by atoms with Crippen LogP contribution in [0.25, 0.3) is 5.78 Å². The van der Waals surface area contributed by atoms with Gasteiger partial charge in [0.15, 0.2) is 0 Å². The Balaban J connectivity index is 1.67. The average molecular weight is 358 g/mol. The molecule has 0 aliphatic carbocycles. The van der Waals surface area contributed by atoms with Crippen molar-refractivity contribution in [1.29, 1.82) is 0 Å². The topological polar surface area (TPSA) is 55.6 Å². The summed E-state index contributed by atoms with van der Waals surface area (Å²) in [5.41, 5.74) is 2.14. The lowest BCUT2D eigenvalue weighted by Crippen LogP contribution is -2.39. The number of aryl methyl sites for hydroxylation is 1. The van der Waals surface area contributed by atoms with E-state index in [0.717, 1.165) is 48.0 Å². The highest BCUT2D eigenvalue weighted by atomic mass is 35.5. The van der Waals surface area contributed by atoms with Crippen LogP contribution >= 0.6 is 11.6 Å². The van der Waals surface area contributed by atoms with E-state index >= 15 is 0 Å². The van der Waals surface area contributed by atoms with E-state index < -0.39 is 0 Å². The number of nitrogens with zero attached hydrogens (tertiary/aromatic N) is 5. The Morgan fingerprint density at radius 1 is 1.32 bits per heavy atom. The Kier molecular flexibility index (Phi) is 4.55. The second kappa shape index (κ2) is 6.98. The lowest BCUT2D eigenvalue weighted by atomic mass is 10.1. The molecule has 2 aromatic heterocycles. The van der Waals surface area contributed by atoms with Gasteiger partial charge in [-0.3, -0.25) is 0 Å². The summed E-state index contributed by atoms with van der Waals surface area (Å²) in [5.74, 6) is 1.66. The molecule has 0 radical (unpaired) electrons. The molecule has 1 saturated heterocycles. The molecule has 1 aliphatic rings. The highest BCUT2D eigenvalue weighted by molar-refractivity contribution is 6.30. The SMILES string of the molecule is CCCc1cc(N2CCO[C@H](c3cccc(Cl)c3)C2)n2ncnc2n1. The number of fused-ring (bicyclic) bond motifs is 1. The maximum atomic E-state index is 6.14. The van der Waals surface area contributed by atoms with Gasteiger partial charge in [0, 0.05) is 29.9 Å². The summed E-state index contributed by atoms with van der Waals surface area (Å²) in [6.07, 6.45) is 3.51. The first-order chi connectivity index (χ1) is 12.2. The smallest absolute Gasteiger partial charge is 0.254 e. The Morgan fingerprint density at radius 3 is 3.08 bits per heavy atom. The molecule has 0 N–H and O–H groups in total. The van der Waals surface area contributed by atoms with Gasteiger partial charge in [0.1, 0.15) is 18.2 Å². The number of morpholine rings is 1. The van der Waals surface area contributed by atoms with Crippen molar-refractivity contribution < 1.29 is 4.74 Å². The van der Waals surface area contributed by atoms with E-state index in [0.29, 0.717) is 12.4 Å². The molecule has 0 unspecified atom stereocenters. The first-order valence-corrected chi connectivity index (χ1v) is 8.94. The Labute approximate surface area is 151 Å². The predicted molar refractivity (Wildman–Crippen MR) is 97.1 cm³/mol. The van der Waals surface area contributed by atoms with Gasteiger partial charge in [-0.15, -0.1) is 0 Å². The van der Waals surface area contributed by atoms with Crippen LogP contribution < -0.4 is 4.90 Å². The third-order valence-electron chi connectivity index (χ3n) is 4.40. The lowest BCUT2D eigenvalue weighted by Gasteiger charge is -2.34. The minimum Gasteiger partial charge on any atom is -0.370 e. The van der Waals surface area contributed by atoms with Crippen LogP contribution in [0.15, 0.2) is 36.7 Å². The van der Waals surface area contributed by atoms with Gasteiger partial charge < -0.3 is 9.64 Å². The standard InChI is InChI=1S/C18H20ClN5O/c1-2-4-15-10-17(24-18(22-15)20-12-21-24)23-7-8-25-16(11-23)13-5-3-6-14(19)9-13/h3,5-6,9-10,12,16H,2,4,7-8,11H2,1H3/t16-/m0/s1. The van der Waals surface area contributed by atoms with Crippen molar-refractivity contribution >= 4 is 23.2 Å². The second-order valence-electron chi connectivity index (χ2n) is 6.19. The molecule has 3 heterocycles. The third kappa shape index (κ3) is 3.32. The fourth-order valence-corrected chi connectivity index (χ4v) is 3.42. The van der Waals surface area contributed by atoms with Gasteiger partial charge in [-0.25, -0.2) is 4.98 Å². The molecule has 1 fully saturated rings. The van der Waals surface area contributed by atoms with E-state index in [1.807, 2.05) is 18.2 Å². The van der Waals surface area contributed by atoms with Crippen LogP contribution in [0.5, 0.6) is 0 Å². The number of ether oxygens (including phenoxy) is 1. The molecule has 7 heteroatoms. The van der Waals surface area contributed by atoms with Crippen LogP contribution in [0, 0.1) is 0 Å². The Hall–Kier alpha value is -2.18. The summed E-state index contributed by atoms with van der Waals surface area (Å²) in [7, 11) is 0. The average Bonchev–Trinajstić information content (AvgIpc) is 3.10. The van der Waals surface area contributed by atoms with Crippen LogP contribution in [0.2, 0.25) is 5.02 Å². The fourth-order valence-electron chi connectivity index (χ4n) is 3.22. The normalized spacial score (nSPS) is 18.0. The van der Waals surface area contributed by atoms with E-state index in [9.17, 15) is 0 Å². The number of hydrogen-bond acceptors (Lipinski definition) is 5. The molecule has 6 nitrogen and oxygen atoms in total. The van der Waals surface area contributed by atoms with Gasteiger partial charge in [-0.2, -0.15) is 14.6 Å². The van der Waals surface area contributed by atoms with E-state index in [4.69, 9.17) is 16.3 Å². The van der Waals surface area contributed by atoms with Crippen molar-refractivity contribution in [3.8, 4) is 0 Å². The quantitative estimate of drug-likeness (QED) is 0.717. The zero-order chi connectivity index (χ0) is 17.2. The van der Waals surface area contributed by atoms with Crippen molar-refractivity contribution in [1.82, 2.24) is 19.6 Å². The Bertz CT molecular complexity index is 881. The summed E-state index contributed by atoms with van der Waals surface area (Å²) in [6, 6.07) is 9.98. The number of aromatic nitrogens is 4. The van der Waals surface area contributed by atoms with E-state index in [1.165, 1.54) is 0 Å². The van der Waals surface area contributed by atoms with E-state index in [1.54, 1.807) is 10.8 Å². The summed E-state index contributed by atoms with van der Waals surface area (Å²) < 4.78 is 7.79. The van der Waals surface area contributed by atoms with Gasteiger partial charge in [-0.1, -0.05) is 37.1 Å². The zero-order valence-corrected chi connectivity index (χ0v) is 14.9. The van der Waals surface area contributed by atoms with Crippen molar-refractivity contribution in [2.24, 2.45) is 0 Å². The molecule has 0 amide bonds. The summed E-state index contributed by atoms with van der Waals surface area (Å²) in [6.45, 7) is 4.35. The van der Waals surface area contributed by atoms with Crippen LogP contribution in [-0.4, -0.2) is 39.3 Å².